The topological polar surface area (TPSA) is 110 Å². The lowest BCUT2D eigenvalue weighted by atomic mass is 9.99. The third kappa shape index (κ3) is 7.37. The highest BCUT2D eigenvalue weighted by molar-refractivity contribution is 5.89. The summed E-state index contributed by atoms with van der Waals surface area (Å²) in [6.45, 7) is 5.16. The van der Waals surface area contributed by atoms with Crippen LogP contribution in [0.25, 0.3) is 0 Å². The Kier molecular flexibility index (Phi) is 9.28. The molecule has 0 spiro atoms. The third-order valence-corrected chi connectivity index (χ3v) is 6.44. The van der Waals surface area contributed by atoms with Crippen LogP contribution in [0.2, 0.25) is 0 Å². The molecule has 0 amide bonds. The molecule has 2 saturated heterocycles. The van der Waals surface area contributed by atoms with Gasteiger partial charge in [0.2, 0.25) is 0 Å². The van der Waals surface area contributed by atoms with E-state index in [2.05, 4.69) is 0 Å². The molecule has 9 heteroatoms. The number of ether oxygens (including phenoxy) is 6. The summed E-state index contributed by atoms with van der Waals surface area (Å²) in [6.07, 6.45) is -5.13. The molecule has 2 heterocycles. The van der Waals surface area contributed by atoms with Gasteiger partial charge < -0.3 is 33.5 Å². The van der Waals surface area contributed by atoms with Crippen LogP contribution in [0.4, 0.5) is 0 Å². The number of rotatable bonds is 8. The normalized spacial score (nSPS) is 31.9. The summed E-state index contributed by atoms with van der Waals surface area (Å²) in [7, 11) is 0. The maximum atomic E-state index is 12.8. The highest BCUT2D eigenvalue weighted by Crippen LogP contribution is 2.32. The van der Waals surface area contributed by atoms with E-state index in [4.69, 9.17) is 28.4 Å². The Bertz CT molecular complexity index is 1010. The maximum Gasteiger partial charge on any atom is 0.338 e. The number of hydrogen-bond donors (Lipinski definition) is 1. The number of benzene rings is 2. The molecular formula is C28H34O9. The summed E-state index contributed by atoms with van der Waals surface area (Å²) < 4.78 is 35.4. The molecule has 9 nitrogen and oxygen atoms in total. The van der Waals surface area contributed by atoms with Gasteiger partial charge >= 0.3 is 11.9 Å². The first-order valence-corrected chi connectivity index (χ1v) is 12.5. The molecule has 4 rings (SSSR count). The molecule has 0 radical (unpaired) electrons. The van der Waals surface area contributed by atoms with E-state index in [0.717, 1.165) is 5.56 Å². The lowest BCUT2D eigenvalue weighted by Gasteiger charge is -2.43. The van der Waals surface area contributed by atoms with Crippen molar-refractivity contribution in [2.45, 2.75) is 89.4 Å². The van der Waals surface area contributed by atoms with Gasteiger partial charge in [0, 0.05) is 19.8 Å². The van der Waals surface area contributed by atoms with Crippen molar-refractivity contribution >= 4 is 11.9 Å². The Hall–Kier alpha value is -2.82. The van der Waals surface area contributed by atoms with Crippen LogP contribution in [0, 0.1) is 0 Å². The highest BCUT2D eigenvalue weighted by Gasteiger charge is 2.45. The van der Waals surface area contributed by atoms with Gasteiger partial charge in [0.25, 0.3) is 0 Å². The monoisotopic (exact) mass is 514 g/mol. The zero-order chi connectivity index (χ0) is 26.4. The predicted molar refractivity (Wildman–Crippen MR) is 131 cm³/mol. The van der Waals surface area contributed by atoms with Gasteiger partial charge in [-0.25, -0.2) is 4.79 Å². The zero-order valence-corrected chi connectivity index (χ0v) is 21.2. The van der Waals surface area contributed by atoms with Crippen LogP contribution in [0.3, 0.4) is 0 Å². The third-order valence-electron chi connectivity index (χ3n) is 6.44. The van der Waals surface area contributed by atoms with Gasteiger partial charge in [-0.05, 0) is 31.5 Å². The standard InChI is InChI=1S/C28H34O9/c1-17-27(23(35-19(3)29)14-24(30)33-17)36-25-15-22(32-16-20-10-6-4-7-11-20)26(18(2)34-25)37-28(31)21-12-8-5-9-13-21/h4-13,17-18,22-27,30H,14-16H2,1-3H3/t17-,18-,22-,23-,24+,25-,26-,27-/m1/s1. The van der Waals surface area contributed by atoms with Crippen LogP contribution in [-0.2, 0) is 39.8 Å². The lowest BCUT2D eigenvalue weighted by Crippen LogP contribution is -2.55. The molecule has 2 fully saturated rings. The van der Waals surface area contributed by atoms with Crippen molar-refractivity contribution in [3.05, 3.63) is 71.8 Å². The average Bonchev–Trinajstić information content (AvgIpc) is 2.87. The molecule has 0 unspecified atom stereocenters. The van der Waals surface area contributed by atoms with Crippen LogP contribution in [0.5, 0.6) is 0 Å². The molecule has 37 heavy (non-hydrogen) atoms. The van der Waals surface area contributed by atoms with Gasteiger partial charge in [-0.3, -0.25) is 4.79 Å². The first-order chi connectivity index (χ1) is 17.8. The molecule has 200 valence electrons. The molecule has 0 bridgehead atoms. The first kappa shape index (κ1) is 27.2. The summed E-state index contributed by atoms with van der Waals surface area (Å²) >= 11 is 0. The van der Waals surface area contributed by atoms with Crippen LogP contribution in [0.1, 0.15) is 49.5 Å². The molecule has 2 aromatic carbocycles. The van der Waals surface area contributed by atoms with E-state index in [0.29, 0.717) is 12.2 Å². The molecule has 2 aromatic rings. The van der Waals surface area contributed by atoms with Gasteiger partial charge in [-0.1, -0.05) is 48.5 Å². The summed E-state index contributed by atoms with van der Waals surface area (Å²) in [6, 6.07) is 18.5. The Morgan fingerprint density at radius 1 is 0.865 bits per heavy atom. The fourth-order valence-corrected chi connectivity index (χ4v) is 4.68. The zero-order valence-electron chi connectivity index (χ0n) is 21.2. The molecule has 2 aliphatic heterocycles. The molecule has 0 aromatic heterocycles. The second-order valence-electron chi connectivity index (χ2n) is 9.36. The average molecular weight is 515 g/mol. The van der Waals surface area contributed by atoms with Crippen molar-refractivity contribution in [3.8, 4) is 0 Å². The molecule has 2 aliphatic rings. The van der Waals surface area contributed by atoms with Gasteiger partial charge in [0.1, 0.15) is 18.3 Å². The molecule has 0 saturated carbocycles. The van der Waals surface area contributed by atoms with Gasteiger partial charge in [0.05, 0.1) is 24.4 Å². The molecule has 8 atom stereocenters. The molecule has 0 aliphatic carbocycles. The second-order valence-corrected chi connectivity index (χ2v) is 9.36. The van der Waals surface area contributed by atoms with Crippen molar-refractivity contribution < 1.29 is 43.1 Å². The number of esters is 2. The minimum Gasteiger partial charge on any atom is -0.459 e. The van der Waals surface area contributed by atoms with Crippen molar-refractivity contribution in [1.82, 2.24) is 0 Å². The van der Waals surface area contributed by atoms with Crippen LogP contribution in [0.15, 0.2) is 60.7 Å². The fourth-order valence-electron chi connectivity index (χ4n) is 4.68. The van der Waals surface area contributed by atoms with Gasteiger partial charge in [-0.15, -0.1) is 0 Å². The van der Waals surface area contributed by atoms with Gasteiger partial charge in [-0.2, -0.15) is 0 Å². The van der Waals surface area contributed by atoms with Gasteiger partial charge in [0.15, 0.2) is 18.7 Å². The van der Waals surface area contributed by atoms with Crippen molar-refractivity contribution in [3.63, 3.8) is 0 Å². The van der Waals surface area contributed by atoms with Crippen LogP contribution >= 0.6 is 0 Å². The minimum absolute atomic E-state index is 0.0854. The van der Waals surface area contributed by atoms with E-state index in [-0.39, 0.29) is 12.8 Å². The molecular weight excluding hydrogens is 480 g/mol. The quantitative estimate of drug-likeness (QED) is 0.530. The van der Waals surface area contributed by atoms with E-state index >= 15 is 0 Å². The predicted octanol–water partition coefficient (Wildman–Crippen LogP) is 3.38. The van der Waals surface area contributed by atoms with E-state index in [1.165, 1.54) is 6.92 Å². The Morgan fingerprint density at radius 3 is 2.19 bits per heavy atom. The van der Waals surface area contributed by atoms with Crippen molar-refractivity contribution in [2.75, 3.05) is 0 Å². The number of aliphatic hydroxyl groups excluding tert-OH is 1. The van der Waals surface area contributed by atoms with E-state index in [1.54, 1.807) is 38.1 Å². The maximum absolute atomic E-state index is 12.8. The minimum atomic E-state index is -1.06. The summed E-state index contributed by atoms with van der Waals surface area (Å²) in [5.41, 5.74) is 1.41. The highest BCUT2D eigenvalue weighted by atomic mass is 16.7. The summed E-state index contributed by atoms with van der Waals surface area (Å²) in [5.74, 6) is -0.943. The van der Waals surface area contributed by atoms with Crippen LogP contribution in [-0.4, -0.2) is 66.2 Å². The molecule has 1 N–H and O–H groups in total. The number of carbonyl (C=O) groups excluding carboxylic acids is 2. The van der Waals surface area contributed by atoms with Crippen molar-refractivity contribution in [2.24, 2.45) is 0 Å². The summed E-state index contributed by atoms with van der Waals surface area (Å²) in [5, 5.41) is 9.99. The SMILES string of the molecule is CC(=O)O[C@@H]1C[C@@H](O)O[C@H](C)[C@H]1O[C@@H]1C[C@@H](OCc2ccccc2)[C@H](OC(=O)c2ccccc2)[C@@H](C)O1. The Labute approximate surface area is 216 Å². The van der Waals surface area contributed by atoms with E-state index in [9.17, 15) is 14.7 Å². The Morgan fingerprint density at radius 2 is 1.51 bits per heavy atom. The summed E-state index contributed by atoms with van der Waals surface area (Å²) in [4.78, 5) is 24.5. The Balaban J connectivity index is 1.49. The smallest absolute Gasteiger partial charge is 0.338 e. The second kappa shape index (κ2) is 12.6. The fraction of sp³-hybridized carbons (Fsp3) is 0.500. The van der Waals surface area contributed by atoms with Crippen LogP contribution < -0.4 is 0 Å². The first-order valence-electron chi connectivity index (χ1n) is 12.5. The number of carbonyl (C=O) groups is 2. The lowest BCUT2D eigenvalue weighted by molar-refractivity contribution is -0.310. The number of aliphatic hydroxyl groups is 1. The number of hydrogen-bond acceptors (Lipinski definition) is 9. The van der Waals surface area contributed by atoms with Crippen molar-refractivity contribution in [1.29, 1.82) is 0 Å². The van der Waals surface area contributed by atoms with E-state index < -0.39 is 61.1 Å². The largest absolute Gasteiger partial charge is 0.459 e. The van der Waals surface area contributed by atoms with E-state index in [1.807, 2.05) is 36.4 Å².